The van der Waals surface area contributed by atoms with Gasteiger partial charge in [-0.15, -0.1) is 0 Å². The maximum Gasteiger partial charge on any atom is 0.228 e. The van der Waals surface area contributed by atoms with Gasteiger partial charge in [0, 0.05) is 22.5 Å². The van der Waals surface area contributed by atoms with Crippen molar-refractivity contribution >= 4 is 15.9 Å². The van der Waals surface area contributed by atoms with Crippen molar-refractivity contribution < 1.29 is 4.52 Å². The van der Waals surface area contributed by atoms with Gasteiger partial charge in [-0.2, -0.15) is 4.98 Å². The highest BCUT2D eigenvalue weighted by atomic mass is 79.9. The first-order valence-electron chi connectivity index (χ1n) is 6.01. The van der Waals surface area contributed by atoms with E-state index in [1.165, 1.54) is 0 Å². The van der Waals surface area contributed by atoms with Crippen LogP contribution in [0.3, 0.4) is 0 Å². The lowest BCUT2D eigenvalue weighted by molar-refractivity contribution is 0.363. The maximum atomic E-state index is 5.25. The normalized spacial score (nSPS) is 12.6. The molecular formula is C13H16BrN3O. The Morgan fingerprint density at radius 2 is 2.06 bits per heavy atom. The van der Waals surface area contributed by atoms with E-state index in [0.29, 0.717) is 17.8 Å². The minimum absolute atomic E-state index is 0.341. The first-order valence-corrected chi connectivity index (χ1v) is 6.80. The Labute approximate surface area is 115 Å². The molecule has 1 atom stereocenters. The molecule has 1 aromatic carbocycles. The molecule has 0 fully saturated rings. The molecule has 0 aliphatic heterocycles. The van der Waals surface area contributed by atoms with Crippen LogP contribution in [-0.4, -0.2) is 22.7 Å². The molecule has 1 heterocycles. The van der Waals surface area contributed by atoms with Crippen LogP contribution in [0.15, 0.2) is 33.3 Å². The molecule has 5 heteroatoms. The molecule has 18 heavy (non-hydrogen) atoms. The highest BCUT2D eigenvalue weighted by molar-refractivity contribution is 9.10. The molecule has 2 aromatic rings. The average Bonchev–Trinajstić information content (AvgIpc) is 2.78. The Morgan fingerprint density at radius 3 is 2.72 bits per heavy atom. The van der Waals surface area contributed by atoms with E-state index in [4.69, 9.17) is 4.52 Å². The van der Waals surface area contributed by atoms with Gasteiger partial charge < -0.3 is 9.84 Å². The lowest BCUT2D eigenvalue weighted by Crippen LogP contribution is -2.27. The molecule has 0 aliphatic carbocycles. The summed E-state index contributed by atoms with van der Waals surface area (Å²) in [5.41, 5.74) is 0.962. The molecule has 0 radical (unpaired) electrons. The van der Waals surface area contributed by atoms with Crippen molar-refractivity contribution in [2.24, 2.45) is 0 Å². The maximum absolute atomic E-state index is 5.25. The summed E-state index contributed by atoms with van der Waals surface area (Å²) in [6.07, 6.45) is 0.747. The van der Waals surface area contributed by atoms with E-state index < -0.39 is 0 Å². The molecule has 0 spiro atoms. The summed E-state index contributed by atoms with van der Waals surface area (Å²) in [4.78, 5) is 4.40. The fraction of sp³-hybridized carbons (Fsp3) is 0.385. The number of rotatable bonds is 5. The van der Waals surface area contributed by atoms with Crippen LogP contribution in [-0.2, 0) is 6.42 Å². The second-order valence-corrected chi connectivity index (χ2v) is 5.10. The van der Waals surface area contributed by atoms with E-state index in [1.807, 2.05) is 24.3 Å². The molecule has 1 aromatic heterocycles. The highest BCUT2D eigenvalue weighted by Crippen LogP contribution is 2.19. The van der Waals surface area contributed by atoms with Crippen molar-refractivity contribution in [3.8, 4) is 11.4 Å². The average molecular weight is 310 g/mol. The lowest BCUT2D eigenvalue weighted by atomic mass is 10.2. The molecule has 4 nitrogen and oxygen atoms in total. The van der Waals surface area contributed by atoms with Crippen molar-refractivity contribution in [3.63, 3.8) is 0 Å². The van der Waals surface area contributed by atoms with Crippen LogP contribution < -0.4 is 5.32 Å². The van der Waals surface area contributed by atoms with E-state index in [-0.39, 0.29) is 0 Å². The lowest BCUT2D eigenvalue weighted by Gasteiger charge is -2.07. The van der Waals surface area contributed by atoms with E-state index in [0.717, 1.165) is 23.0 Å². The summed E-state index contributed by atoms with van der Waals surface area (Å²) in [6.45, 7) is 5.12. The standard InChI is InChI=1S/C13H16BrN3O/c1-3-15-9(2)8-12-16-13(17-18-12)10-4-6-11(14)7-5-10/h4-7,9,15H,3,8H2,1-2H3. The van der Waals surface area contributed by atoms with Crippen molar-refractivity contribution in [2.45, 2.75) is 26.3 Å². The fourth-order valence-electron chi connectivity index (χ4n) is 1.74. The zero-order valence-electron chi connectivity index (χ0n) is 10.5. The first-order chi connectivity index (χ1) is 8.69. The minimum atomic E-state index is 0.341. The van der Waals surface area contributed by atoms with E-state index in [9.17, 15) is 0 Å². The molecular weight excluding hydrogens is 294 g/mol. The van der Waals surface area contributed by atoms with Crippen LogP contribution >= 0.6 is 15.9 Å². The summed E-state index contributed by atoms with van der Waals surface area (Å²) >= 11 is 3.40. The summed E-state index contributed by atoms with van der Waals surface area (Å²) in [7, 11) is 0. The van der Waals surface area contributed by atoms with E-state index in [1.54, 1.807) is 0 Å². The Bertz CT molecular complexity index is 495. The summed E-state index contributed by atoms with van der Waals surface area (Å²) < 4.78 is 6.29. The number of likely N-dealkylation sites (N-methyl/N-ethyl adjacent to an activating group) is 1. The second kappa shape index (κ2) is 6.11. The molecule has 0 amide bonds. The van der Waals surface area contributed by atoms with Crippen LogP contribution in [0.2, 0.25) is 0 Å². The molecule has 1 N–H and O–H groups in total. The molecule has 96 valence electrons. The second-order valence-electron chi connectivity index (χ2n) is 4.18. The molecule has 0 saturated heterocycles. The number of nitrogens with one attached hydrogen (secondary N) is 1. The van der Waals surface area contributed by atoms with Crippen molar-refractivity contribution in [1.82, 2.24) is 15.5 Å². The molecule has 2 rings (SSSR count). The van der Waals surface area contributed by atoms with Gasteiger partial charge in [0.1, 0.15) is 0 Å². The summed E-state index contributed by atoms with van der Waals surface area (Å²) in [5.74, 6) is 1.31. The van der Waals surface area contributed by atoms with Gasteiger partial charge >= 0.3 is 0 Å². The van der Waals surface area contributed by atoms with Crippen LogP contribution in [0, 0.1) is 0 Å². The van der Waals surface area contributed by atoms with E-state index >= 15 is 0 Å². The van der Waals surface area contributed by atoms with Gasteiger partial charge in [-0.25, -0.2) is 0 Å². The number of aromatic nitrogens is 2. The monoisotopic (exact) mass is 309 g/mol. The van der Waals surface area contributed by atoms with Crippen molar-refractivity contribution in [3.05, 3.63) is 34.6 Å². The molecule has 0 bridgehead atoms. The van der Waals surface area contributed by atoms with Gasteiger partial charge in [0.25, 0.3) is 0 Å². The topological polar surface area (TPSA) is 51.0 Å². The number of nitrogens with zero attached hydrogens (tertiary/aromatic N) is 2. The summed E-state index contributed by atoms with van der Waals surface area (Å²) in [6, 6.07) is 8.20. The van der Waals surface area contributed by atoms with Gasteiger partial charge in [0.2, 0.25) is 11.7 Å². The minimum Gasteiger partial charge on any atom is -0.339 e. The van der Waals surface area contributed by atoms with E-state index in [2.05, 4.69) is 45.2 Å². The Balaban J connectivity index is 2.08. The Hall–Kier alpha value is -1.20. The number of hydrogen-bond acceptors (Lipinski definition) is 4. The number of hydrogen-bond donors (Lipinski definition) is 1. The van der Waals surface area contributed by atoms with Crippen LogP contribution in [0.25, 0.3) is 11.4 Å². The smallest absolute Gasteiger partial charge is 0.228 e. The Morgan fingerprint density at radius 1 is 1.33 bits per heavy atom. The fourth-order valence-corrected chi connectivity index (χ4v) is 2.00. The first kappa shape index (κ1) is 13.2. The van der Waals surface area contributed by atoms with Crippen LogP contribution in [0.5, 0.6) is 0 Å². The van der Waals surface area contributed by atoms with Gasteiger partial charge in [-0.05, 0) is 37.7 Å². The van der Waals surface area contributed by atoms with Crippen LogP contribution in [0.1, 0.15) is 19.7 Å². The predicted octanol–water partition coefficient (Wildman–Crippen LogP) is 3.04. The van der Waals surface area contributed by atoms with Crippen molar-refractivity contribution in [2.75, 3.05) is 6.54 Å². The van der Waals surface area contributed by atoms with Gasteiger partial charge in [-0.3, -0.25) is 0 Å². The number of halogens is 1. The zero-order chi connectivity index (χ0) is 13.0. The SMILES string of the molecule is CCNC(C)Cc1nc(-c2ccc(Br)cc2)no1. The van der Waals surface area contributed by atoms with Gasteiger partial charge in [-0.1, -0.05) is 28.0 Å². The highest BCUT2D eigenvalue weighted by Gasteiger charge is 2.11. The van der Waals surface area contributed by atoms with Crippen LogP contribution in [0.4, 0.5) is 0 Å². The van der Waals surface area contributed by atoms with Crippen molar-refractivity contribution in [1.29, 1.82) is 0 Å². The Kier molecular flexibility index (Phi) is 4.49. The third-order valence-corrected chi connectivity index (χ3v) is 3.13. The largest absolute Gasteiger partial charge is 0.339 e. The zero-order valence-corrected chi connectivity index (χ0v) is 12.1. The molecule has 1 unspecified atom stereocenters. The summed E-state index contributed by atoms with van der Waals surface area (Å²) in [5, 5.41) is 7.32. The quantitative estimate of drug-likeness (QED) is 0.922. The molecule has 0 saturated carbocycles. The third kappa shape index (κ3) is 3.40. The molecule has 0 aliphatic rings. The van der Waals surface area contributed by atoms with Gasteiger partial charge in [0.15, 0.2) is 0 Å². The number of benzene rings is 1. The predicted molar refractivity (Wildman–Crippen MR) is 74.3 cm³/mol. The third-order valence-electron chi connectivity index (χ3n) is 2.60. The van der Waals surface area contributed by atoms with Gasteiger partial charge in [0.05, 0.1) is 0 Å².